The van der Waals surface area contributed by atoms with E-state index >= 15 is 0 Å². The molecule has 0 atom stereocenters. The van der Waals surface area contributed by atoms with Crippen molar-refractivity contribution in [2.75, 3.05) is 0 Å². The molecule has 0 spiro atoms. The van der Waals surface area contributed by atoms with Gasteiger partial charge in [-0.1, -0.05) is 23.7 Å². The number of carbonyl (C=O) groups excluding carboxylic acids is 1. The van der Waals surface area contributed by atoms with Gasteiger partial charge in [-0.2, -0.15) is 0 Å². The van der Waals surface area contributed by atoms with Crippen LogP contribution in [-0.4, -0.2) is 5.78 Å². The Morgan fingerprint density at radius 1 is 1.00 bits per heavy atom. The Morgan fingerprint density at radius 3 is 2.25 bits per heavy atom. The van der Waals surface area contributed by atoms with E-state index in [1.165, 1.54) is 0 Å². The minimum atomic E-state index is -0.0398. The van der Waals surface area contributed by atoms with E-state index in [0.29, 0.717) is 16.1 Å². The molecule has 2 aromatic carbocycles. The first-order valence-electron chi connectivity index (χ1n) is 4.73. The molecule has 0 amide bonds. The van der Waals surface area contributed by atoms with Crippen LogP contribution < -0.4 is 0 Å². The van der Waals surface area contributed by atoms with Gasteiger partial charge in [0, 0.05) is 14.7 Å². The molecule has 3 heteroatoms. The predicted octanol–water partition coefficient (Wildman–Crippen LogP) is 4.18. The van der Waals surface area contributed by atoms with E-state index in [1.54, 1.807) is 12.1 Å². The monoisotopic (exact) mass is 342 g/mol. The molecule has 2 aromatic rings. The maximum Gasteiger partial charge on any atom is 0.194 e. The highest BCUT2D eigenvalue weighted by molar-refractivity contribution is 14.1. The SMILES string of the molecule is O=C(c1ccc(I)cc1)c1ccccc1Cl. The van der Waals surface area contributed by atoms with Gasteiger partial charge in [-0.15, -0.1) is 0 Å². The first-order chi connectivity index (χ1) is 7.68. The fourth-order valence-corrected chi connectivity index (χ4v) is 1.98. The molecule has 0 aliphatic rings. The van der Waals surface area contributed by atoms with Crippen molar-refractivity contribution in [3.8, 4) is 0 Å². The summed E-state index contributed by atoms with van der Waals surface area (Å²) in [5.74, 6) is -0.0398. The maximum absolute atomic E-state index is 12.1. The van der Waals surface area contributed by atoms with Crippen LogP contribution in [0.1, 0.15) is 15.9 Å². The van der Waals surface area contributed by atoms with Crippen molar-refractivity contribution in [2.24, 2.45) is 0 Å². The highest BCUT2D eigenvalue weighted by atomic mass is 127. The Balaban J connectivity index is 2.40. The summed E-state index contributed by atoms with van der Waals surface area (Å²) in [4.78, 5) is 12.1. The molecule has 0 unspecified atom stereocenters. The quantitative estimate of drug-likeness (QED) is 0.591. The zero-order valence-corrected chi connectivity index (χ0v) is 11.2. The molecule has 0 aromatic heterocycles. The van der Waals surface area contributed by atoms with Crippen molar-refractivity contribution in [1.82, 2.24) is 0 Å². The molecule has 0 aliphatic heterocycles. The summed E-state index contributed by atoms with van der Waals surface area (Å²) in [6.45, 7) is 0. The summed E-state index contributed by atoms with van der Waals surface area (Å²) < 4.78 is 1.10. The summed E-state index contributed by atoms with van der Waals surface area (Å²) in [6, 6.07) is 14.5. The molecule has 0 saturated heterocycles. The van der Waals surface area contributed by atoms with Gasteiger partial charge in [0.15, 0.2) is 5.78 Å². The van der Waals surface area contributed by atoms with Crippen LogP contribution in [0.15, 0.2) is 48.5 Å². The lowest BCUT2D eigenvalue weighted by molar-refractivity contribution is 0.103. The predicted molar refractivity (Wildman–Crippen MR) is 74.0 cm³/mol. The molecule has 0 radical (unpaired) electrons. The molecule has 80 valence electrons. The number of ketones is 1. The zero-order chi connectivity index (χ0) is 11.5. The van der Waals surface area contributed by atoms with Crippen molar-refractivity contribution in [2.45, 2.75) is 0 Å². The summed E-state index contributed by atoms with van der Waals surface area (Å²) in [5, 5.41) is 0.492. The van der Waals surface area contributed by atoms with E-state index < -0.39 is 0 Å². The van der Waals surface area contributed by atoms with E-state index in [0.717, 1.165) is 3.57 Å². The minimum absolute atomic E-state index is 0.0398. The third-order valence-corrected chi connectivity index (χ3v) is 3.27. The Kier molecular flexibility index (Phi) is 3.61. The lowest BCUT2D eigenvalue weighted by Gasteiger charge is -2.03. The van der Waals surface area contributed by atoms with Gasteiger partial charge < -0.3 is 0 Å². The molecule has 1 nitrogen and oxygen atoms in total. The van der Waals surface area contributed by atoms with Crippen LogP contribution in [0.3, 0.4) is 0 Å². The Bertz CT molecular complexity index is 520. The summed E-state index contributed by atoms with van der Waals surface area (Å²) in [6.07, 6.45) is 0. The van der Waals surface area contributed by atoms with Gasteiger partial charge in [0.2, 0.25) is 0 Å². The minimum Gasteiger partial charge on any atom is -0.289 e. The molecular weight excluding hydrogens is 334 g/mol. The van der Waals surface area contributed by atoms with Crippen LogP contribution in [0.4, 0.5) is 0 Å². The Morgan fingerprint density at radius 2 is 1.62 bits per heavy atom. The van der Waals surface area contributed by atoms with Crippen LogP contribution in [0.5, 0.6) is 0 Å². The van der Waals surface area contributed by atoms with Gasteiger partial charge in [-0.3, -0.25) is 4.79 Å². The molecule has 0 bridgehead atoms. The lowest BCUT2D eigenvalue weighted by Crippen LogP contribution is -2.01. The standard InChI is InChI=1S/C13H8ClIO/c14-12-4-2-1-3-11(12)13(16)9-5-7-10(15)8-6-9/h1-8H. The van der Waals surface area contributed by atoms with Crippen LogP contribution >= 0.6 is 34.2 Å². The molecule has 16 heavy (non-hydrogen) atoms. The molecule has 0 fully saturated rings. The molecule has 0 saturated carbocycles. The normalized spacial score (nSPS) is 10.1. The van der Waals surface area contributed by atoms with Gasteiger partial charge >= 0.3 is 0 Å². The van der Waals surface area contributed by atoms with Crippen LogP contribution in [0, 0.1) is 3.57 Å². The Hall–Kier alpha value is -0.870. The van der Waals surface area contributed by atoms with Crippen LogP contribution in [0.2, 0.25) is 5.02 Å². The third-order valence-electron chi connectivity index (χ3n) is 2.22. The highest BCUT2D eigenvalue weighted by Crippen LogP contribution is 2.19. The fourth-order valence-electron chi connectivity index (χ4n) is 1.40. The average molecular weight is 343 g/mol. The van der Waals surface area contributed by atoms with Gasteiger partial charge in [0.25, 0.3) is 0 Å². The van der Waals surface area contributed by atoms with E-state index in [1.807, 2.05) is 36.4 Å². The van der Waals surface area contributed by atoms with Crippen molar-refractivity contribution in [1.29, 1.82) is 0 Å². The van der Waals surface area contributed by atoms with Crippen LogP contribution in [0.25, 0.3) is 0 Å². The highest BCUT2D eigenvalue weighted by Gasteiger charge is 2.11. The van der Waals surface area contributed by atoms with Crippen molar-refractivity contribution >= 4 is 40.0 Å². The molecule has 0 heterocycles. The first kappa shape index (κ1) is 11.6. The molecule has 2 rings (SSSR count). The number of rotatable bonds is 2. The second-order valence-corrected chi connectivity index (χ2v) is 4.97. The van der Waals surface area contributed by atoms with Gasteiger partial charge in [0.05, 0.1) is 5.02 Å². The number of carbonyl (C=O) groups is 1. The van der Waals surface area contributed by atoms with Crippen molar-refractivity contribution in [3.63, 3.8) is 0 Å². The first-order valence-corrected chi connectivity index (χ1v) is 6.19. The molecular formula is C13H8ClIO. The maximum atomic E-state index is 12.1. The molecule has 0 aliphatic carbocycles. The van der Waals surface area contributed by atoms with Gasteiger partial charge in [0.1, 0.15) is 0 Å². The summed E-state index contributed by atoms with van der Waals surface area (Å²) >= 11 is 8.18. The smallest absolute Gasteiger partial charge is 0.194 e. The number of hydrogen-bond donors (Lipinski definition) is 0. The van der Waals surface area contributed by atoms with Gasteiger partial charge in [-0.05, 0) is 59.0 Å². The summed E-state index contributed by atoms with van der Waals surface area (Å²) in [5.41, 5.74) is 1.21. The third kappa shape index (κ3) is 2.44. The number of halogens is 2. The Labute approximate surface area is 113 Å². The zero-order valence-electron chi connectivity index (χ0n) is 8.28. The second-order valence-electron chi connectivity index (χ2n) is 3.32. The lowest BCUT2D eigenvalue weighted by atomic mass is 10.0. The average Bonchev–Trinajstić information content (AvgIpc) is 2.30. The van der Waals surface area contributed by atoms with E-state index in [4.69, 9.17) is 11.6 Å². The topological polar surface area (TPSA) is 17.1 Å². The largest absolute Gasteiger partial charge is 0.289 e. The van der Waals surface area contributed by atoms with Crippen molar-refractivity contribution in [3.05, 3.63) is 68.3 Å². The van der Waals surface area contributed by atoms with E-state index in [-0.39, 0.29) is 5.78 Å². The summed E-state index contributed by atoms with van der Waals surface area (Å²) in [7, 11) is 0. The fraction of sp³-hybridized carbons (Fsp3) is 0. The number of hydrogen-bond acceptors (Lipinski definition) is 1. The molecule has 0 N–H and O–H groups in total. The van der Waals surface area contributed by atoms with E-state index in [9.17, 15) is 4.79 Å². The van der Waals surface area contributed by atoms with E-state index in [2.05, 4.69) is 22.6 Å². The van der Waals surface area contributed by atoms with Gasteiger partial charge in [-0.25, -0.2) is 0 Å². The van der Waals surface area contributed by atoms with Crippen molar-refractivity contribution < 1.29 is 4.79 Å². The van der Waals surface area contributed by atoms with Crippen LogP contribution in [-0.2, 0) is 0 Å². The number of benzene rings is 2. The second kappa shape index (κ2) is 4.97.